The van der Waals surface area contributed by atoms with Crippen LogP contribution in [0.15, 0.2) is 45.3 Å². The van der Waals surface area contributed by atoms with Crippen molar-refractivity contribution in [3.8, 4) is 0 Å². The normalized spacial score (nSPS) is 17.0. The molecule has 4 nitrogen and oxygen atoms in total. The van der Waals surface area contributed by atoms with Gasteiger partial charge in [0.1, 0.15) is 0 Å². The lowest BCUT2D eigenvalue weighted by molar-refractivity contribution is -0.122. The summed E-state index contributed by atoms with van der Waals surface area (Å²) in [5.41, 5.74) is 3.81. The van der Waals surface area contributed by atoms with Gasteiger partial charge in [0, 0.05) is 27.6 Å². The van der Waals surface area contributed by atoms with Gasteiger partial charge < -0.3 is 10.2 Å². The van der Waals surface area contributed by atoms with Gasteiger partial charge in [0.2, 0.25) is 11.8 Å². The Kier molecular flexibility index (Phi) is 5.29. The smallest absolute Gasteiger partial charge is 0.229 e. The van der Waals surface area contributed by atoms with Crippen molar-refractivity contribution in [2.24, 2.45) is 5.92 Å². The molecular weight excluding hydrogens is 448 g/mol. The van der Waals surface area contributed by atoms with E-state index in [2.05, 4.69) is 37.2 Å². The number of nitrogens with zero attached hydrogens (tertiary/aromatic N) is 1. The van der Waals surface area contributed by atoms with Crippen LogP contribution in [-0.2, 0) is 9.59 Å². The monoisotopic (exact) mass is 464 g/mol. The fourth-order valence-electron chi connectivity index (χ4n) is 2.97. The first-order chi connectivity index (χ1) is 11.9. The molecule has 1 heterocycles. The number of anilines is 2. The molecular formula is C19H18Br2N2O2. The first-order valence-electron chi connectivity index (χ1n) is 7.99. The largest absolute Gasteiger partial charge is 0.325 e. The van der Waals surface area contributed by atoms with Gasteiger partial charge in [-0.15, -0.1) is 0 Å². The zero-order valence-electron chi connectivity index (χ0n) is 14.0. The minimum atomic E-state index is -0.358. The lowest BCUT2D eigenvalue weighted by atomic mass is 10.1. The summed E-state index contributed by atoms with van der Waals surface area (Å²) in [4.78, 5) is 26.8. The lowest BCUT2D eigenvalue weighted by Gasteiger charge is -2.20. The summed E-state index contributed by atoms with van der Waals surface area (Å²) in [5.74, 6) is -0.504. The minimum absolute atomic E-state index is 0.0104. The van der Waals surface area contributed by atoms with Gasteiger partial charge in [0.05, 0.1) is 11.6 Å². The standard InChI is InChI=1S/C19H18Br2N2O2/c1-11-4-3-5-17(12(11)2)23-10-13(8-18(23)24)19(25)22-16-7-6-14(20)9-15(16)21/h3-7,9,13H,8,10H2,1-2H3,(H,22,25)/t13-/m1/s1. The maximum Gasteiger partial charge on any atom is 0.229 e. The molecule has 0 saturated carbocycles. The third kappa shape index (κ3) is 3.80. The molecule has 130 valence electrons. The van der Waals surface area contributed by atoms with Crippen molar-refractivity contribution >= 4 is 55.0 Å². The number of carbonyl (C=O) groups is 2. The van der Waals surface area contributed by atoms with Crippen molar-refractivity contribution in [3.05, 3.63) is 56.5 Å². The zero-order valence-corrected chi connectivity index (χ0v) is 17.1. The van der Waals surface area contributed by atoms with E-state index < -0.39 is 0 Å². The number of carbonyl (C=O) groups excluding carboxylic acids is 2. The topological polar surface area (TPSA) is 49.4 Å². The molecule has 1 saturated heterocycles. The van der Waals surface area contributed by atoms with Gasteiger partial charge >= 0.3 is 0 Å². The van der Waals surface area contributed by atoms with Crippen LogP contribution in [0, 0.1) is 19.8 Å². The van der Waals surface area contributed by atoms with Crippen LogP contribution in [0.2, 0.25) is 0 Å². The van der Waals surface area contributed by atoms with Crippen molar-refractivity contribution < 1.29 is 9.59 Å². The molecule has 2 aromatic rings. The Labute approximate surface area is 163 Å². The van der Waals surface area contributed by atoms with Gasteiger partial charge in [0.25, 0.3) is 0 Å². The van der Waals surface area contributed by atoms with Gasteiger partial charge in [-0.05, 0) is 65.2 Å². The van der Waals surface area contributed by atoms with Gasteiger partial charge in [-0.1, -0.05) is 28.1 Å². The summed E-state index contributed by atoms with van der Waals surface area (Å²) in [5, 5.41) is 2.91. The fraction of sp³-hybridized carbons (Fsp3) is 0.263. The second kappa shape index (κ2) is 7.30. The molecule has 2 amide bonds. The molecule has 1 atom stereocenters. The van der Waals surface area contributed by atoms with Gasteiger partial charge in [0.15, 0.2) is 0 Å². The third-order valence-corrected chi connectivity index (χ3v) is 5.70. The fourth-order valence-corrected chi connectivity index (χ4v) is 4.12. The molecule has 1 aliphatic heterocycles. The Balaban J connectivity index is 1.75. The van der Waals surface area contributed by atoms with E-state index in [9.17, 15) is 9.59 Å². The summed E-state index contributed by atoms with van der Waals surface area (Å²) in [6, 6.07) is 11.5. The van der Waals surface area contributed by atoms with Crippen LogP contribution in [0.1, 0.15) is 17.5 Å². The number of nitrogens with one attached hydrogen (secondary N) is 1. The number of amides is 2. The predicted octanol–water partition coefficient (Wildman–Crippen LogP) is 4.82. The average molecular weight is 466 g/mol. The first kappa shape index (κ1) is 18.1. The number of aryl methyl sites for hydroxylation is 1. The Hall–Kier alpha value is -1.66. The molecule has 0 unspecified atom stereocenters. The summed E-state index contributed by atoms with van der Waals surface area (Å²) >= 11 is 6.83. The van der Waals surface area contributed by atoms with Crippen LogP contribution in [0.4, 0.5) is 11.4 Å². The van der Waals surface area contributed by atoms with Gasteiger partial charge in [-0.2, -0.15) is 0 Å². The SMILES string of the molecule is Cc1cccc(N2C[C@H](C(=O)Nc3ccc(Br)cc3Br)CC2=O)c1C. The quantitative estimate of drug-likeness (QED) is 0.706. The minimum Gasteiger partial charge on any atom is -0.325 e. The van der Waals surface area contributed by atoms with Crippen LogP contribution in [0.3, 0.4) is 0 Å². The summed E-state index contributed by atoms with van der Waals surface area (Å²) in [6.07, 6.45) is 0.230. The first-order valence-corrected chi connectivity index (χ1v) is 9.58. The highest BCUT2D eigenvalue weighted by atomic mass is 79.9. The average Bonchev–Trinajstić information content (AvgIpc) is 2.94. The second-order valence-corrected chi connectivity index (χ2v) is 8.01. The van der Waals surface area contributed by atoms with E-state index in [1.807, 2.05) is 50.2 Å². The lowest BCUT2D eigenvalue weighted by Crippen LogP contribution is -2.28. The molecule has 1 aliphatic rings. The highest BCUT2D eigenvalue weighted by molar-refractivity contribution is 9.11. The van der Waals surface area contributed by atoms with E-state index in [4.69, 9.17) is 0 Å². The Morgan fingerprint density at radius 1 is 1.20 bits per heavy atom. The summed E-state index contributed by atoms with van der Waals surface area (Å²) in [7, 11) is 0. The zero-order chi connectivity index (χ0) is 18.1. The van der Waals surface area contributed by atoms with Crippen LogP contribution in [-0.4, -0.2) is 18.4 Å². The molecule has 1 N–H and O–H groups in total. The van der Waals surface area contributed by atoms with Crippen molar-refractivity contribution in [3.63, 3.8) is 0 Å². The number of rotatable bonds is 3. The van der Waals surface area contributed by atoms with E-state index >= 15 is 0 Å². The highest BCUT2D eigenvalue weighted by Crippen LogP contribution is 2.31. The molecule has 6 heteroatoms. The molecule has 3 rings (SSSR count). The van der Waals surface area contributed by atoms with E-state index in [0.717, 1.165) is 25.8 Å². The van der Waals surface area contributed by atoms with E-state index in [0.29, 0.717) is 12.2 Å². The molecule has 0 bridgehead atoms. The Morgan fingerprint density at radius 3 is 2.68 bits per heavy atom. The van der Waals surface area contributed by atoms with Crippen LogP contribution in [0.5, 0.6) is 0 Å². The molecule has 1 fully saturated rings. The van der Waals surface area contributed by atoms with Crippen molar-refractivity contribution in [2.75, 3.05) is 16.8 Å². The number of hydrogen-bond acceptors (Lipinski definition) is 2. The predicted molar refractivity (Wildman–Crippen MR) is 107 cm³/mol. The Bertz CT molecular complexity index is 851. The number of benzene rings is 2. The maximum atomic E-state index is 12.6. The van der Waals surface area contributed by atoms with Gasteiger partial charge in [-0.25, -0.2) is 0 Å². The van der Waals surface area contributed by atoms with E-state index in [1.54, 1.807) is 4.90 Å². The molecule has 2 aromatic carbocycles. The summed E-state index contributed by atoms with van der Waals surface area (Å²) in [6.45, 7) is 4.43. The highest BCUT2D eigenvalue weighted by Gasteiger charge is 2.35. The molecule has 0 aliphatic carbocycles. The second-order valence-electron chi connectivity index (χ2n) is 6.24. The number of hydrogen-bond donors (Lipinski definition) is 1. The van der Waals surface area contributed by atoms with E-state index in [-0.39, 0.29) is 24.2 Å². The van der Waals surface area contributed by atoms with E-state index in [1.165, 1.54) is 0 Å². The van der Waals surface area contributed by atoms with Crippen LogP contribution >= 0.6 is 31.9 Å². The van der Waals surface area contributed by atoms with Crippen LogP contribution in [0.25, 0.3) is 0 Å². The summed E-state index contributed by atoms with van der Waals surface area (Å²) < 4.78 is 1.72. The van der Waals surface area contributed by atoms with Crippen molar-refractivity contribution in [1.29, 1.82) is 0 Å². The van der Waals surface area contributed by atoms with Crippen molar-refractivity contribution in [2.45, 2.75) is 20.3 Å². The maximum absolute atomic E-state index is 12.6. The number of halogens is 2. The van der Waals surface area contributed by atoms with Crippen LogP contribution < -0.4 is 10.2 Å². The molecule has 0 spiro atoms. The molecule has 0 radical (unpaired) electrons. The molecule has 0 aromatic heterocycles. The van der Waals surface area contributed by atoms with Crippen molar-refractivity contribution in [1.82, 2.24) is 0 Å². The Morgan fingerprint density at radius 2 is 1.96 bits per heavy atom. The molecule has 25 heavy (non-hydrogen) atoms. The van der Waals surface area contributed by atoms with Gasteiger partial charge in [-0.3, -0.25) is 9.59 Å². The third-order valence-electron chi connectivity index (χ3n) is 4.55.